The number of alkyl halides is 3. The van der Waals surface area contributed by atoms with Crippen molar-refractivity contribution < 1.29 is 46.6 Å². The molecule has 0 aromatic heterocycles. The third-order valence-corrected chi connectivity index (χ3v) is 4.71. The zero-order valence-electron chi connectivity index (χ0n) is 20.0. The number of alkyl carbamates (subject to hydrolysis) is 1. The van der Waals surface area contributed by atoms with Crippen molar-refractivity contribution in [2.45, 2.75) is 33.1 Å². The molecule has 1 unspecified atom stereocenters. The van der Waals surface area contributed by atoms with Crippen LogP contribution in [0.2, 0.25) is 5.02 Å². The summed E-state index contributed by atoms with van der Waals surface area (Å²) in [6, 6.07) is 5.75. The minimum atomic E-state index is -4.60. The second kappa shape index (κ2) is 13.0. The molecule has 1 amide bonds. The van der Waals surface area contributed by atoms with E-state index in [-0.39, 0.29) is 47.9 Å². The lowest BCUT2D eigenvalue weighted by Crippen LogP contribution is -2.32. The van der Waals surface area contributed by atoms with Crippen molar-refractivity contribution >= 4 is 29.4 Å². The van der Waals surface area contributed by atoms with Gasteiger partial charge in [-0.3, -0.25) is 10.1 Å². The smallest absolute Gasteiger partial charge is 0.416 e. The molecule has 0 aliphatic heterocycles. The maximum absolute atomic E-state index is 12.8. The summed E-state index contributed by atoms with van der Waals surface area (Å²) in [5.74, 6) is -1.26. The lowest BCUT2D eigenvalue weighted by Gasteiger charge is -2.16. The topological polar surface area (TPSA) is 126 Å². The predicted molar refractivity (Wildman–Crippen MR) is 125 cm³/mol. The highest BCUT2D eigenvalue weighted by molar-refractivity contribution is 6.32. The van der Waals surface area contributed by atoms with Gasteiger partial charge in [-0.15, -0.1) is 0 Å². The summed E-state index contributed by atoms with van der Waals surface area (Å²) in [5.41, 5.74) is -1.48. The summed E-state index contributed by atoms with van der Waals surface area (Å²) >= 11 is 5.88. The zero-order valence-corrected chi connectivity index (χ0v) is 20.7. The van der Waals surface area contributed by atoms with Crippen LogP contribution in [0.4, 0.5) is 23.7 Å². The van der Waals surface area contributed by atoms with Gasteiger partial charge in [0.2, 0.25) is 5.75 Å². The van der Waals surface area contributed by atoms with Crippen molar-refractivity contribution in [1.29, 1.82) is 0 Å². The Bertz CT molecular complexity index is 1130. The molecule has 0 radical (unpaired) electrons. The highest BCUT2D eigenvalue weighted by Crippen LogP contribution is 2.38. The first-order chi connectivity index (χ1) is 17.3. The summed E-state index contributed by atoms with van der Waals surface area (Å²) in [5, 5.41) is 13.4. The number of carbonyl (C=O) groups is 2. The van der Waals surface area contributed by atoms with E-state index >= 15 is 0 Å². The molecule has 0 fully saturated rings. The van der Waals surface area contributed by atoms with E-state index in [2.05, 4.69) is 5.32 Å². The summed E-state index contributed by atoms with van der Waals surface area (Å²) < 4.78 is 59.3. The Morgan fingerprint density at radius 2 is 1.78 bits per heavy atom. The van der Waals surface area contributed by atoms with Crippen LogP contribution in [0.25, 0.3) is 0 Å². The van der Waals surface area contributed by atoms with Gasteiger partial charge in [-0.25, -0.2) is 9.59 Å². The molecule has 14 heteroatoms. The fourth-order valence-electron chi connectivity index (χ4n) is 2.64. The third-order valence-electron chi connectivity index (χ3n) is 4.41. The monoisotopic (exact) mass is 548 g/mol. The number of hydrogen-bond donors (Lipinski definition) is 1. The van der Waals surface area contributed by atoms with Gasteiger partial charge in [0, 0.05) is 12.1 Å². The number of nitrogens with one attached hydrogen (secondary N) is 1. The highest BCUT2D eigenvalue weighted by Gasteiger charge is 2.31. The average molecular weight is 549 g/mol. The van der Waals surface area contributed by atoms with Crippen molar-refractivity contribution in [2.75, 3.05) is 19.8 Å². The molecule has 0 aliphatic carbocycles. The lowest BCUT2D eigenvalue weighted by molar-refractivity contribution is -0.386. The molecule has 0 saturated heterocycles. The standard InChI is InChI=1S/C23H24ClF3N2O8/c1-13(2)12-35-22(31)28-8-9-34-21(30)14(3)36-20-11-16(5-6-18(20)29(32)33)37-19-7-4-15(10-17(19)24)23(25,26)27/h4-7,10-11,13-14H,8-9,12H2,1-3H3,(H,28,31). The van der Waals surface area contributed by atoms with E-state index in [1.54, 1.807) is 0 Å². The molecule has 0 aliphatic rings. The molecule has 2 aromatic carbocycles. The van der Waals surface area contributed by atoms with E-state index in [4.69, 9.17) is 30.5 Å². The number of nitro benzene ring substituents is 1. The highest BCUT2D eigenvalue weighted by atomic mass is 35.5. The van der Waals surface area contributed by atoms with E-state index in [0.29, 0.717) is 6.07 Å². The van der Waals surface area contributed by atoms with Gasteiger partial charge >= 0.3 is 23.9 Å². The van der Waals surface area contributed by atoms with Crippen LogP contribution in [-0.4, -0.2) is 42.8 Å². The van der Waals surface area contributed by atoms with Crippen LogP contribution in [0, 0.1) is 16.0 Å². The molecule has 2 rings (SSSR count). The molecule has 202 valence electrons. The number of ether oxygens (including phenoxy) is 4. The van der Waals surface area contributed by atoms with Crippen LogP contribution in [0.1, 0.15) is 26.3 Å². The largest absolute Gasteiger partial charge is 0.472 e. The van der Waals surface area contributed by atoms with Crippen molar-refractivity contribution in [3.05, 3.63) is 57.1 Å². The molecule has 0 heterocycles. The van der Waals surface area contributed by atoms with Gasteiger partial charge in [-0.2, -0.15) is 13.2 Å². The lowest BCUT2D eigenvalue weighted by atomic mass is 10.2. The van der Waals surface area contributed by atoms with Crippen LogP contribution >= 0.6 is 11.6 Å². The number of carbonyl (C=O) groups excluding carboxylic acids is 2. The van der Waals surface area contributed by atoms with Gasteiger partial charge in [0.05, 0.1) is 28.7 Å². The normalized spacial score (nSPS) is 12.0. The van der Waals surface area contributed by atoms with E-state index in [1.165, 1.54) is 13.0 Å². The predicted octanol–water partition coefficient (Wildman–Crippen LogP) is 5.75. The first kappa shape index (κ1) is 29.5. The van der Waals surface area contributed by atoms with Crippen LogP contribution in [-0.2, 0) is 20.4 Å². The number of esters is 1. The third kappa shape index (κ3) is 9.33. The Morgan fingerprint density at radius 3 is 2.38 bits per heavy atom. The SMILES string of the molecule is CC(C)COC(=O)NCCOC(=O)C(C)Oc1cc(Oc2ccc(C(F)(F)F)cc2Cl)ccc1[N+](=O)[O-]. The fourth-order valence-corrected chi connectivity index (χ4v) is 2.86. The van der Waals surface area contributed by atoms with Crippen LogP contribution in [0.15, 0.2) is 36.4 Å². The van der Waals surface area contributed by atoms with Crippen LogP contribution in [0.5, 0.6) is 17.2 Å². The molecule has 1 atom stereocenters. The van der Waals surface area contributed by atoms with Crippen LogP contribution < -0.4 is 14.8 Å². The van der Waals surface area contributed by atoms with E-state index in [1.807, 2.05) is 13.8 Å². The van der Waals surface area contributed by atoms with Gasteiger partial charge in [-0.05, 0) is 37.1 Å². The summed E-state index contributed by atoms with van der Waals surface area (Å²) in [7, 11) is 0. The Kier molecular flexibility index (Phi) is 10.4. The van der Waals surface area contributed by atoms with Crippen molar-refractivity contribution in [2.24, 2.45) is 5.92 Å². The summed E-state index contributed by atoms with van der Waals surface area (Å²) in [6.07, 6.45) is -6.57. The second-order valence-electron chi connectivity index (χ2n) is 7.98. The van der Waals surface area contributed by atoms with Crippen LogP contribution in [0.3, 0.4) is 0 Å². The average Bonchev–Trinajstić information content (AvgIpc) is 2.80. The van der Waals surface area contributed by atoms with Gasteiger partial charge in [0.15, 0.2) is 6.10 Å². The van der Waals surface area contributed by atoms with Gasteiger partial charge in [0.1, 0.15) is 18.1 Å². The summed E-state index contributed by atoms with van der Waals surface area (Å²) in [4.78, 5) is 34.3. The Balaban J connectivity index is 2.03. The number of rotatable bonds is 11. The van der Waals surface area contributed by atoms with E-state index in [0.717, 1.165) is 24.3 Å². The Morgan fingerprint density at radius 1 is 1.08 bits per heavy atom. The van der Waals surface area contributed by atoms with Crippen molar-refractivity contribution in [3.8, 4) is 17.2 Å². The Hall–Kier alpha value is -3.74. The molecular formula is C23H24ClF3N2O8. The minimum Gasteiger partial charge on any atom is -0.472 e. The van der Waals surface area contributed by atoms with Gasteiger partial charge in [0.25, 0.3) is 0 Å². The number of hydrogen-bond acceptors (Lipinski definition) is 8. The van der Waals surface area contributed by atoms with E-state index in [9.17, 15) is 32.9 Å². The zero-order chi connectivity index (χ0) is 27.8. The number of nitro groups is 1. The first-order valence-corrected chi connectivity index (χ1v) is 11.2. The molecule has 2 aromatic rings. The number of benzene rings is 2. The maximum atomic E-state index is 12.8. The molecule has 0 spiro atoms. The minimum absolute atomic E-state index is 0.0350. The first-order valence-electron chi connectivity index (χ1n) is 10.8. The molecule has 37 heavy (non-hydrogen) atoms. The molecule has 10 nitrogen and oxygen atoms in total. The van der Waals surface area contributed by atoms with Crippen molar-refractivity contribution in [3.63, 3.8) is 0 Å². The Labute approximate surface area is 214 Å². The van der Waals surface area contributed by atoms with Gasteiger partial charge < -0.3 is 24.3 Å². The van der Waals surface area contributed by atoms with Gasteiger partial charge in [-0.1, -0.05) is 25.4 Å². The molecular weight excluding hydrogens is 525 g/mol. The molecule has 1 N–H and O–H groups in total. The maximum Gasteiger partial charge on any atom is 0.416 e. The number of nitrogens with zero attached hydrogens (tertiary/aromatic N) is 1. The number of amides is 1. The quantitative estimate of drug-likeness (QED) is 0.163. The molecule has 0 saturated carbocycles. The van der Waals surface area contributed by atoms with E-state index < -0.39 is 40.5 Å². The summed E-state index contributed by atoms with van der Waals surface area (Å²) in [6.45, 7) is 5.01. The molecule has 0 bridgehead atoms. The number of halogens is 4. The fraction of sp³-hybridized carbons (Fsp3) is 0.391. The second-order valence-corrected chi connectivity index (χ2v) is 8.39. The van der Waals surface area contributed by atoms with Crippen molar-refractivity contribution in [1.82, 2.24) is 5.32 Å².